The first kappa shape index (κ1) is 14.4. The number of tetrazole rings is 1. The maximum absolute atomic E-state index is 11.3. The van der Waals surface area contributed by atoms with Gasteiger partial charge in [-0.05, 0) is 31.7 Å². The number of piperidine rings is 1. The van der Waals surface area contributed by atoms with Crippen molar-refractivity contribution in [2.24, 2.45) is 5.92 Å². The number of nitro groups is 1. The highest BCUT2D eigenvalue weighted by molar-refractivity contribution is 5.61. The van der Waals surface area contributed by atoms with E-state index in [1.54, 1.807) is 19.2 Å². The maximum atomic E-state index is 11.3. The zero-order valence-electron chi connectivity index (χ0n) is 12.3. The van der Waals surface area contributed by atoms with Crippen molar-refractivity contribution in [1.29, 1.82) is 0 Å². The fourth-order valence-electron chi connectivity index (χ4n) is 2.94. The van der Waals surface area contributed by atoms with E-state index in [1.807, 2.05) is 4.90 Å². The van der Waals surface area contributed by atoms with Crippen molar-refractivity contribution in [2.75, 3.05) is 18.0 Å². The van der Waals surface area contributed by atoms with Crippen molar-refractivity contribution in [3.8, 4) is 0 Å². The Kier molecular flexibility index (Phi) is 3.94. The van der Waals surface area contributed by atoms with Gasteiger partial charge in [0, 0.05) is 31.3 Å². The number of aromatic amines is 1. The Morgan fingerprint density at radius 3 is 3.14 bits per heavy atom. The lowest BCUT2D eigenvalue weighted by molar-refractivity contribution is -0.384. The summed E-state index contributed by atoms with van der Waals surface area (Å²) in [6.07, 6.45) is 4.35. The van der Waals surface area contributed by atoms with E-state index in [0.717, 1.165) is 19.4 Å². The fourth-order valence-corrected chi connectivity index (χ4v) is 2.94. The second-order valence-corrected chi connectivity index (χ2v) is 5.54. The molecule has 0 bridgehead atoms. The van der Waals surface area contributed by atoms with Gasteiger partial charge < -0.3 is 4.90 Å². The summed E-state index contributed by atoms with van der Waals surface area (Å²) >= 11 is 0. The molecule has 9 nitrogen and oxygen atoms in total. The van der Waals surface area contributed by atoms with E-state index in [0.29, 0.717) is 36.1 Å². The monoisotopic (exact) mass is 303 g/mol. The molecule has 1 atom stereocenters. The van der Waals surface area contributed by atoms with Crippen molar-refractivity contribution in [1.82, 2.24) is 25.6 Å². The number of nitrogens with one attached hydrogen (secondary N) is 1. The Morgan fingerprint density at radius 1 is 1.55 bits per heavy atom. The molecule has 3 heterocycles. The van der Waals surface area contributed by atoms with Crippen LogP contribution >= 0.6 is 0 Å². The standard InChI is InChI=1S/C13H17N7O2/c1-9-4-5-14-13(12(9)20(21)22)19-6-2-3-10(8-19)7-11-15-17-18-16-11/h4-5,10H,2-3,6-8H2,1H3,(H,15,16,17,18). The van der Waals surface area contributed by atoms with Gasteiger partial charge in [-0.1, -0.05) is 5.21 Å². The van der Waals surface area contributed by atoms with E-state index in [2.05, 4.69) is 25.6 Å². The second-order valence-electron chi connectivity index (χ2n) is 5.54. The minimum absolute atomic E-state index is 0.0997. The number of aryl methyl sites for hydroxylation is 1. The van der Waals surface area contributed by atoms with Gasteiger partial charge in [0.1, 0.15) is 0 Å². The highest BCUT2D eigenvalue weighted by atomic mass is 16.6. The van der Waals surface area contributed by atoms with Gasteiger partial charge in [0.2, 0.25) is 5.82 Å². The number of H-pyrrole nitrogens is 1. The molecular formula is C13H17N7O2. The summed E-state index contributed by atoms with van der Waals surface area (Å²) in [5.74, 6) is 1.48. The highest BCUT2D eigenvalue weighted by Gasteiger charge is 2.28. The molecule has 2 aromatic rings. The average Bonchev–Trinajstić information content (AvgIpc) is 3.00. The van der Waals surface area contributed by atoms with Crippen LogP contribution in [0.5, 0.6) is 0 Å². The summed E-state index contributed by atoms with van der Waals surface area (Å²) in [6, 6.07) is 1.67. The number of pyridine rings is 1. The van der Waals surface area contributed by atoms with Gasteiger partial charge in [-0.3, -0.25) is 10.1 Å². The predicted octanol–water partition coefficient (Wildman–Crippen LogP) is 1.27. The molecule has 2 aromatic heterocycles. The highest BCUT2D eigenvalue weighted by Crippen LogP contribution is 2.32. The van der Waals surface area contributed by atoms with Crippen LogP contribution in [-0.4, -0.2) is 43.6 Å². The van der Waals surface area contributed by atoms with Crippen molar-refractivity contribution < 1.29 is 4.92 Å². The van der Waals surface area contributed by atoms with Crippen LogP contribution in [0, 0.1) is 23.0 Å². The quantitative estimate of drug-likeness (QED) is 0.668. The predicted molar refractivity (Wildman–Crippen MR) is 78.4 cm³/mol. The van der Waals surface area contributed by atoms with Crippen LogP contribution in [0.1, 0.15) is 24.2 Å². The SMILES string of the molecule is Cc1ccnc(N2CCCC(Cc3nn[nH]n3)C2)c1[N+](=O)[O-]. The van der Waals surface area contributed by atoms with Crippen molar-refractivity contribution in [2.45, 2.75) is 26.2 Å². The molecule has 22 heavy (non-hydrogen) atoms. The maximum Gasteiger partial charge on any atom is 0.314 e. The zero-order valence-corrected chi connectivity index (χ0v) is 12.3. The molecule has 1 N–H and O–H groups in total. The van der Waals surface area contributed by atoms with Gasteiger partial charge in [0.15, 0.2) is 5.82 Å². The lowest BCUT2D eigenvalue weighted by Gasteiger charge is -2.32. The van der Waals surface area contributed by atoms with E-state index < -0.39 is 0 Å². The Hall–Kier alpha value is -2.58. The summed E-state index contributed by atoms with van der Waals surface area (Å²) in [5, 5.41) is 25.3. The molecule has 3 rings (SSSR count). The minimum Gasteiger partial charge on any atom is -0.351 e. The first-order valence-electron chi connectivity index (χ1n) is 7.22. The third-order valence-corrected chi connectivity index (χ3v) is 3.97. The molecule has 1 fully saturated rings. The Bertz CT molecular complexity index is 658. The normalized spacial score (nSPS) is 18.4. The number of nitrogens with zero attached hydrogens (tertiary/aromatic N) is 6. The molecule has 1 aliphatic rings. The first-order chi connectivity index (χ1) is 10.6. The van der Waals surface area contributed by atoms with Crippen LogP contribution < -0.4 is 4.90 Å². The molecule has 9 heteroatoms. The van der Waals surface area contributed by atoms with Gasteiger partial charge in [0.25, 0.3) is 0 Å². The van der Waals surface area contributed by atoms with Gasteiger partial charge in [-0.15, -0.1) is 10.2 Å². The molecule has 0 radical (unpaired) electrons. The van der Waals surface area contributed by atoms with Crippen molar-refractivity contribution in [3.05, 3.63) is 33.8 Å². The van der Waals surface area contributed by atoms with Crippen LogP contribution in [0.4, 0.5) is 11.5 Å². The van der Waals surface area contributed by atoms with Crippen LogP contribution in [-0.2, 0) is 6.42 Å². The molecule has 1 unspecified atom stereocenters. The van der Waals surface area contributed by atoms with E-state index in [1.165, 1.54) is 0 Å². The van der Waals surface area contributed by atoms with Gasteiger partial charge in [0.05, 0.1) is 4.92 Å². The molecule has 0 amide bonds. The molecule has 1 saturated heterocycles. The number of anilines is 1. The van der Waals surface area contributed by atoms with Crippen LogP contribution in [0.15, 0.2) is 12.3 Å². The lowest BCUT2D eigenvalue weighted by atomic mass is 9.94. The summed E-state index contributed by atoms with van der Waals surface area (Å²) in [4.78, 5) is 17.2. The van der Waals surface area contributed by atoms with E-state index in [9.17, 15) is 10.1 Å². The number of aromatic nitrogens is 5. The Morgan fingerprint density at radius 2 is 2.41 bits per heavy atom. The molecule has 0 aromatic carbocycles. The first-order valence-corrected chi connectivity index (χ1v) is 7.22. The molecule has 0 spiro atoms. The Balaban J connectivity index is 1.80. The van der Waals surface area contributed by atoms with Gasteiger partial charge in [-0.2, -0.15) is 5.21 Å². The second kappa shape index (κ2) is 6.04. The van der Waals surface area contributed by atoms with Crippen LogP contribution in [0.2, 0.25) is 0 Å². The zero-order chi connectivity index (χ0) is 15.5. The Labute approximate surface area is 126 Å². The third-order valence-electron chi connectivity index (χ3n) is 3.97. The molecule has 0 aliphatic carbocycles. The third kappa shape index (κ3) is 2.87. The largest absolute Gasteiger partial charge is 0.351 e. The molecule has 1 aliphatic heterocycles. The summed E-state index contributed by atoms with van der Waals surface area (Å²) < 4.78 is 0. The molecule has 0 saturated carbocycles. The van der Waals surface area contributed by atoms with Gasteiger partial charge in [-0.25, -0.2) is 4.98 Å². The van der Waals surface area contributed by atoms with Gasteiger partial charge >= 0.3 is 5.69 Å². The average molecular weight is 303 g/mol. The molecular weight excluding hydrogens is 286 g/mol. The topological polar surface area (TPSA) is 114 Å². The lowest BCUT2D eigenvalue weighted by Crippen LogP contribution is -2.37. The smallest absolute Gasteiger partial charge is 0.314 e. The number of hydrogen-bond acceptors (Lipinski definition) is 7. The number of hydrogen-bond donors (Lipinski definition) is 1. The van der Waals surface area contributed by atoms with E-state index >= 15 is 0 Å². The molecule has 116 valence electrons. The summed E-state index contributed by atoms with van der Waals surface area (Å²) in [7, 11) is 0. The minimum atomic E-state index is -0.347. The summed E-state index contributed by atoms with van der Waals surface area (Å²) in [5.41, 5.74) is 0.734. The van der Waals surface area contributed by atoms with Crippen LogP contribution in [0.3, 0.4) is 0 Å². The van der Waals surface area contributed by atoms with E-state index in [-0.39, 0.29) is 10.6 Å². The fraction of sp³-hybridized carbons (Fsp3) is 0.538. The van der Waals surface area contributed by atoms with Crippen molar-refractivity contribution >= 4 is 11.5 Å². The summed E-state index contributed by atoms with van der Waals surface area (Å²) in [6.45, 7) is 3.23. The van der Waals surface area contributed by atoms with Crippen LogP contribution in [0.25, 0.3) is 0 Å². The van der Waals surface area contributed by atoms with Crippen molar-refractivity contribution in [3.63, 3.8) is 0 Å². The van der Waals surface area contributed by atoms with E-state index in [4.69, 9.17) is 0 Å². The number of rotatable bonds is 4.